The van der Waals surface area contributed by atoms with E-state index in [1.807, 2.05) is 6.92 Å². The van der Waals surface area contributed by atoms with Gasteiger partial charge >= 0.3 is 0 Å². The maximum absolute atomic E-state index is 12.2. The zero-order valence-corrected chi connectivity index (χ0v) is 12.6. The van der Waals surface area contributed by atoms with Crippen LogP contribution in [0.2, 0.25) is 0 Å². The summed E-state index contributed by atoms with van der Waals surface area (Å²) in [6, 6.07) is 6.67. The van der Waals surface area contributed by atoms with Gasteiger partial charge in [0.2, 0.25) is 5.91 Å². The fourth-order valence-electron chi connectivity index (χ4n) is 1.52. The van der Waals surface area contributed by atoms with Gasteiger partial charge in [0, 0.05) is 16.1 Å². The number of nitrogens with zero attached hydrogens (tertiary/aromatic N) is 1. The van der Waals surface area contributed by atoms with Crippen LogP contribution in [0.15, 0.2) is 22.7 Å². The minimum Gasteiger partial charge on any atom is -0.352 e. The van der Waals surface area contributed by atoms with Gasteiger partial charge in [0.25, 0.3) is 0 Å². The molecule has 0 radical (unpaired) electrons. The number of nitriles is 1. The molecule has 0 aliphatic carbocycles. The van der Waals surface area contributed by atoms with Gasteiger partial charge in [-0.1, -0.05) is 28.1 Å². The summed E-state index contributed by atoms with van der Waals surface area (Å²) in [6.45, 7) is 5.45. The second-order valence-corrected chi connectivity index (χ2v) is 5.41. The van der Waals surface area contributed by atoms with E-state index in [-0.39, 0.29) is 6.04 Å². The number of aryl methyl sites for hydroxylation is 1. The van der Waals surface area contributed by atoms with E-state index in [0.717, 1.165) is 10.0 Å². The molecule has 0 fully saturated rings. The van der Waals surface area contributed by atoms with Crippen LogP contribution in [0.1, 0.15) is 29.8 Å². The molecule has 1 amide bonds. The number of carbonyl (C=O) groups is 2. The molecular formula is C14H15BrN2O2. The lowest BCUT2D eigenvalue weighted by Gasteiger charge is -2.12. The maximum atomic E-state index is 12.2. The molecule has 4 nitrogen and oxygen atoms in total. The van der Waals surface area contributed by atoms with Crippen molar-refractivity contribution in [3.05, 3.63) is 33.8 Å². The molecule has 0 saturated carbocycles. The van der Waals surface area contributed by atoms with Crippen LogP contribution in [0.4, 0.5) is 0 Å². The molecule has 100 valence electrons. The van der Waals surface area contributed by atoms with Crippen molar-refractivity contribution in [2.45, 2.75) is 26.8 Å². The Balaban J connectivity index is 2.99. The molecule has 0 saturated heterocycles. The van der Waals surface area contributed by atoms with Crippen molar-refractivity contribution in [1.82, 2.24) is 5.32 Å². The molecule has 1 atom stereocenters. The van der Waals surface area contributed by atoms with Crippen molar-refractivity contribution in [3.8, 4) is 6.07 Å². The summed E-state index contributed by atoms with van der Waals surface area (Å²) in [4.78, 5) is 23.9. The molecule has 0 aliphatic heterocycles. The van der Waals surface area contributed by atoms with Crippen molar-refractivity contribution in [2.75, 3.05) is 0 Å². The second-order valence-electron chi connectivity index (χ2n) is 4.55. The topological polar surface area (TPSA) is 70.0 Å². The third-order valence-electron chi connectivity index (χ3n) is 2.54. The number of rotatable bonds is 4. The van der Waals surface area contributed by atoms with Gasteiger partial charge in [-0.25, -0.2) is 0 Å². The average molecular weight is 323 g/mol. The summed E-state index contributed by atoms with van der Waals surface area (Å²) in [7, 11) is 0. The Morgan fingerprint density at radius 1 is 1.37 bits per heavy atom. The number of hydrogen-bond donors (Lipinski definition) is 1. The lowest BCUT2D eigenvalue weighted by molar-refractivity contribution is -0.122. The summed E-state index contributed by atoms with van der Waals surface area (Å²) < 4.78 is 0.777. The van der Waals surface area contributed by atoms with Gasteiger partial charge in [-0.3, -0.25) is 9.59 Å². The number of nitrogens with one attached hydrogen (secondary N) is 1. The van der Waals surface area contributed by atoms with Gasteiger partial charge in [0.1, 0.15) is 0 Å². The van der Waals surface area contributed by atoms with Crippen LogP contribution in [0.3, 0.4) is 0 Å². The third kappa shape index (κ3) is 3.90. The summed E-state index contributed by atoms with van der Waals surface area (Å²) in [6.07, 6.45) is 0. The first-order chi connectivity index (χ1) is 8.86. The van der Waals surface area contributed by atoms with Crippen LogP contribution < -0.4 is 5.32 Å². The third-order valence-corrected chi connectivity index (χ3v) is 3.40. The van der Waals surface area contributed by atoms with E-state index < -0.39 is 17.6 Å². The standard InChI is InChI=1S/C14H15BrN2O2/c1-8(2)17-14(19)11(7-16)13(18)10-5-4-9(3)12(15)6-10/h4-6,8,11H,1-3H3,(H,17,19)/t11-/m1/s1. The number of hydrogen-bond acceptors (Lipinski definition) is 3. The number of ketones is 1. The second kappa shape index (κ2) is 6.48. The first kappa shape index (κ1) is 15.4. The summed E-state index contributed by atoms with van der Waals surface area (Å²) in [5.41, 5.74) is 1.33. The summed E-state index contributed by atoms with van der Waals surface area (Å²) in [5.74, 6) is -2.35. The van der Waals surface area contributed by atoms with Crippen molar-refractivity contribution in [3.63, 3.8) is 0 Å². The van der Waals surface area contributed by atoms with Gasteiger partial charge in [0.05, 0.1) is 6.07 Å². The Morgan fingerprint density at radius 2 is 2.00 bits per heavy atom. The van der Waals surface area contributed by atoms with Crippen LogP contribution >= 0.6 is 15.9 Å². The lowest BCUT2D eigenvalue weighted by Crippen LogP contribution is -2.38. The molecule has 0 aliphatic rings. The molecular weight excluding hydrogens is 308 g/mol. The van der Waals surface area contributed by atoms with Gasteiger partial charge in [-0.2, -0.15) is 5.26 Å². The van der Waals surface area contributed by atoms with Crippen LogP contribution in [0.25, 0.3) is 0 Å². The van der Waals surface area contributed by atoms with E-state index >= 15 is 0 Å². The van der Waals surface area contributed by atoms with Gasteiger partial charge < -0.3 is 5.32 Å². The first-order valence-corrected chi connectivity index (χ1v) is 6.66. The Labute approximate surface area is 120 Å². The monoisotopic (exact) mass is 322 g/mol. The van der Waals surface area contributed by atoms with Crippen LogP contribution in [0, 0.1) is 24.2 Å². The molecule has 0 bridgehead atoms. The van der Waals surface area contributed by atoms with Crippen molar-refractivity contribution in [2.24, 2.45) is 5.92 Å². The van der Waals surface area contributed by atoms with Gasteiger partial charge in [-0.05, 0) is 32.4 Å². The first-order valence-electron chi connectivity index (χ1n) is 5.87. The number of Topliss-reactive ketones (excluding diaryl/α,β-unsaturated/α-hetero) is 1. The van der Waals surface area contributed by atoms with Crippen LogP contribution in [-0.4, -0.2) is 17.7 Å². The van der Waals surface area contributed by atoms with E-state index in [0.29, 0.717) is 5.56 Å². The number of benzene rings is 1. The largest absolute Gasteiger partial charge is 0.352 e. The molecule has 1 aromatic carbocycles. The zero-order chi connectivity index (χ0) is 14.6. The highest BCUT2D eigenvalue weighted by atomic mass is 79.9. The summed E-state index contributed by atoms with van der Waals surface area (Å²) in [5, 5.41) is 11.6. The smallest absolute Gasteiger partial charge is 0.245 e. The predicted octanol–water partition coefficient (Wildman–Crippen LogP) is 2.60. The van der Waals surface area contributed by atoms with Crippen molar-refractivity contribution < 1.29 is 9.59 Å². The average Bonchev–Trinajstić information content (AvgIpc) is 2.32. The molecule has 0 unspecified atom stereocenters. The Hall–Kier alpha value is -1.67. The highest BCUT2D eigenvalue weighted by Gasteiger charge is 2.28. The van der Waals surface area contributed by atoms with Crippen molar-refractivity contribution >= 4 is 27.6 Å². The quantitative estimate of drug-likeness (QED) is 0.684. The Bertz CT molecular complexity index is 547. The maximum Gasteiger partial charge on any atom is 0.245 e. The predicted molar refractivity (Wildman–Crippen MR) is 75.6 cm³/mol. The number of halogens is 1. The normalized spacial score (nSPS) is 11.8. The van der Waals surface area contributed by atoms with E-state index in [2.05, 4.69) is 21.2 Å². The van der Waals surface area contributed by atoms with Crippen molar-refractivity contribution in [1.29, 1.82) is 5.26 Å². The fourth-order valence-corrected chi connectivity index (χ4v) is 1.90. The molecule has 5 heteroatoms. The molecule has 1 aromatic rings. The zero-order valence-electron chi connectivity index (χ0n) is 11.0. The Morgan fingerprint density at radius 3 is 2.47 bits per heavy atom. The van der Waals surface area contributed by atoms with E-state index in [4.69, 9.17) is 5.26 Å². The molecule has 0 heterocycles. The molecule has 0 aromatic heterocycles. The Kier molecular flexibility index (Phi) is 5.25. The number of carbonyl (C=O) groups excluding carboxylic acids is 2. The SMILES string of the molecule is Cc1ccc(C(=O)[C@@H](C#N)C(=O)NC(C)C)cc1Br. The van der Waals surface area contributed by atoms with Gasteiger partial charge in [-0.15, -0.1) is 0 Å². The lowest BCUT2D eigenvalue weighted by atomic mass is 9.97. The minimum absolute atomic E-state index is 0.110. The highest BCUT2D eigenvalue weighted by molar-refractivity contribution is 9.10. The van der Waals surface area contributed by atoms with E-state index in [1.54, 1.807) is 38.1 Å². The fraction of sp³-hybridized carbons (Fsp3) is 0.357. The summed E-state index contributed by atoms with van der Waals surface area (Å²) >= 11 is 3.33. The minimum atomic E-state index is -1.31. The van der Waals surface area contributed by atoms with E-state index in [1.165, 1.54) is 0 Å². The van der Waals surface area contributed by atoms with Crippen LogP contribution in [0.5, 0.6) is 0 Å². The molecule has 0 spiro atoms. The highest BCUT2D eigenvalue weighted by Crippen LogP contribution is 2.19. The van der Waals surface area contributed by atoms with E-state index in [9.17, 15) is 9.59 Å². The molecule has 1 N–H and O–H groups in total. The molecule has 1 rings (SSSR count). The number of amides is 1. The van der Waals surface area contributed by atoms with Gasteiger partial charge in [0.15, 0.2) is 11.7 Å². The molecule has 19 heavy (non-hydrogen) atoms. The van der Waals surface area contributed by atoms with Crippen LogP contribution in [-0.2, 0) is 4.79 Å².